The highest BCUT2D eigenvalue weighted by atomic mass is 35.5. The van der Waals surface area contributed by atoms with Crippen LogP contribution in [0.1, 0.15) is 4.88 Å². The average Bonchev–Trinajstić information content (AvgIpc) is 3.03. The molecule has 2 aromatic carbocycles. The lowest BCUT2D eigenvalue weighted by Gasteiger charge is -2.02. The van der Waals surface area contributed by atoms with Gasteiger partial charge in [0.25, 0.3) is 0 Å². The summed E-state index contributed by atoms with van der Waals surface area (Å²) in [6, 6.07) is 19.8. The lowest BCUT2D eigenvalue weighted by atomic mass is 10.3. The van der Waals surface area contributed by atoms with Crippen molar-refractivity contribution in [3.05, 3.63) is 70.6 Å². The van der Waals surface area contributed by atoms with Crippen molar-refractivity contribution in [2.24, 2.45) is 4.99 Å². The van der Waals surface area contributed by atoms with Crippen molar-refractivity contribution in [2.75, 3.05) is 7.11 Å². The van der Waals surface area contributed by atoms with Gasteiger partial charge in [-0.2, -0.15) is 0 Å². The molecule has 0 atom stereocenters. The van der Waals surface area contributed by atoms with Gasteiger partial charge in [0.2, 0.25) is 0 Å². The van der Waals surface area contributed by atoms with Crippen LogP contribution in [0, 0.1) is 0 Å². The topological polar surface area (TPSA) is 21.6 Å². The number of hydrogen-bond donors (Lipinski definition) is 0. The molecule has 0 saturated heterocycles. The van der Waals surface area contributed by atoms with E-state index in [9.17, 15) is 0 Å². The molecule has 1 heterocycles. The van der Waals surface area contributed by atoms with Gasteiger partial charge in [-0.05, 0) is 48.5 Å². The van der Waals surface area contributed by atoms with Gasteiger partial charge in [-0.25, -0.2) is 0 Å². The third-order valence-corrected chi connectivity index (χ3v) is 5.46. The summed E-state index contributed by atoms with van der Waals surface area (Å²) in [7, 11) is 1.65. The molecule has 0 bridgehead atoms. The number of benzene rings is 2. The van der Waals surface area contributed by atoms with Gasteiger partial charge in [-0.15, -0.1) is 11.3 Å². The zero-order valence-electron chi connectivity index (χ0n) is 12.4. The minimum atomic E-state index is 0.755. The van der Waals surface area contributed by atoms with E-state index in [1.54, 1.807) is 30.2 Å². The van der Waals surface area contributed by atoms with E-state index >= 15 is 0 Å². The van der Waals surface area contributed by atoms with E-state index in [2.05, 4.69) is 17.1 Å². The highest BCUT2D eigenvalue weighted by Gasteiger charge is 2.02. The maximum absolute atomic E-state index is 5.91. The summed E-state index contributed by atoms with van der Waals surface area (Å²) in [5, 5.41) is 0.755. The highest BCUT2D eigenvalue weighted by Crippen LogP contribution is 2.34. The van der Waals surface area contributed by atoms with E-state index in [0.717, 1.165) is 21.3 Å². The third-order valence-electron chi connectivity index (χ3n) is 3.05. The van der Waals surface area contributed by atoms with Gasteiger partial charge in [0, 0.05) is 21.0 Å². The molecule has 0 aliphatic carbocycles. The molecule has 5 heteroatoms. The molecule has 0 unspecified atom stereocenters. The number of rotatable bonds is 5. The Bertz CT molecular complexity index is 812. The standard InChI is InChI=1S/C18H14ClNOS2/c1-21-17-5-3-2-4-16(17)20-12-15-10-11-18(23-15)22-14-8-6-13(19)7-9-14/h2-12H,1H3. The normalized spacial score (nSPS) is 11.0. The minimum Gasteiger partial charge on any atom is -0.494 e. The summed E-state index contributed by atoms with van der Waals surface area (Å²) in [5.41, 5.74) is 0.829. The first kappa shape index (κ1) is 16.1. The maximum Gasteiger partial charge on any atom is 0.144 e. The van der Waals surface area contributed by atoms with Crippen LogP contribution in [0.25, 0.3) is 0 Å². The molecule has 3 rings (SSSR count). The molecule has 0 saturated carbocycles. The van der Waals surface area contributed by atoms with Crippen molar-refractivity contribution < 1.29 is 4.74 Å². The molecule has 116 valence electrons. The van der Waals surface area contributed by atoms with Gasteiger partial charge < -0.3 is 4.74 Å². The number of aliphatic imine (C=N–C) groups is 1. The van der Waals surface area contributed by atoms with E-state index in [4.69, 9.17) is 16.3 Å². The number of para-hydroxylation sites is 2. The first-order valence-electron chi connectivity index (χ1n) is 6.95. The van der Waals surface area contributed by atoms with E-state index in [1.165, 1.54) is 9.10 Å². The Balaban J connectivity index is 1.72. The summed E-state index contributed by atoms with van der Waals surface area (Å²) in [4.78, 5) is 6.79. The quantitative estimate of drug-likeness (QED) is 0.497. The zero-order valence-corrected chi connectivity index (χ0v) is 14.8. The van der Waals surface area contributed by atoms with Crippen LogP contribution < -0.4 is 4.74 Å². The number of hydrogen-bond acceptors (Lipinski definition) is 4. The fraction of sp³-hybridized carbons (Fsp3) is 0.0556. The summed E-state index contributed by atoms with van der Waals surface area (Å²) in [6.07, 6.45) is 1.87. The van der Waals surface area contributed by atoms with Crippen molar-refractivity contribution in [2.45, 2.75) is 9.10 Å². The summed E-state index contributed by atoms with van der Waals surface area (Å²) in [5.74, 6) is 0.774. The Labute approximate surface area is 148 Å². The maximum atomic E-state index is 5.91. The van der Waals surface area contributed by atoms with Gasteiger partial charge in [0.15, 0.2) is 0 Å². The van der Waals surface area contributed by atoms with Crippen LogP contribution in [0.2, 0.25) is 5.02 Å². The molecule has 0 radical (unpaired) electrons. The number of ether oxygens (including phenoxy) is 1. The Morgan fingerprint density at radius 1 is 1.04 bits per heavy atom. The third kappa shape index (κ3) is 4.38. The Morgan fingerprint density at radius 3 is 2.61 bits per heavy atom. The van der Waals surface area contributed by atoms with E-state index in [1.807, 2.05) is 54.7 Å². The van der Waals surface area contributed by atoms with Gasteiger partial charge in [-0.3, -0.25) is 4.99 Å². The van der Waals surface area contributed by atoms with Crippen LogP contribution in [0.15, 0.2) is 74.8 Å². The first-order chi connectivity index (χ1) is 11.2. The van der Waals surface area contributed by atoms with Crippen molar-refractivity contribution in [1.29, 1.82) is 0 Å². The van der Waals surface area contributed by atoms with Crippen LogP contribution in [-0.2, 0) is 0 Å². The Kier molecular flexibility index (Phi) is 5.39. The molecule has 0 amide bonds. The molecular formula is C18H14ClNOS2. The molecule has 3 aromatic rings. The predicted octanol–water partition coefficient (Wildman–Crippen LogP) is 6.31. The molecule has 1 aromatic heterocycles. The fourth-order valence-electron chi connectivity index (χ4n) is 1.95. The lowest BCUT2D eigenvalue weighted by Crippen LogP contribution is -1.82. The Morgan fingerprint density at radius 2 is 1.83 bits per heavy atom. The largest absolute Gasteiger partial charge is 0.494 e. The minimum absolute atomic E-state index is 0.755. The van der Waals surface area contributed by atoms with Crippen molar-refractivity contribution in [3.8, 4) is 5.75 Å². The summed E-state index contributed by atoms with van der Waals surface area (Å²) < 4.78 is 6.52. The molecule has 0 fully saturated rings. The van der Waals surface area contributed by atoms with Crippen LogP contribution in [0.4, 0.5) is 5.69 Å². The molecule has 0 aliphatic heterocycles. The van der Waals surface area contributed by atoms with E-state index in [-0.39, 0.29) is 0 Å². The van der Waals surface area contributed by atoms with Crippen molar-refractivity contribution in [3.63, 3.8) is 0 Å². The van der Waals surface area contributed by atoms with Crippen LogP contribution in [0.5, 0.6) is 5.75 Å². The first-order valence-corrected chi connectivity index (χ1v) is 8.96. The molecule has 0 aliphatic rings. The smallest absolute Gasteiger partial charge is 0.144 e. The molecule has 0 spiro atoms. The van der Waals surface area contributed by atoms with E-state index < -0.39 is 0 Å². The second-order valence-electron chi connectivity index (χ2n) is 4.64. The van der Waals surface area contributed by atoms with Crippen molar-refractivity contribution >= 4 is 46.6 Å². The van der Waals surface area contributed by atoms with E-state index in [0.29, 0.717) is 0 Å². The second kappa shape index (κ2) is 7.68. The van der Waals surface area contributed by atoms with Crippen LogP contribution in [-0.4, -0.2) is 13.3 Å². The predicted molar refractivity (Wildman–Crippen MR) is 100 cm³/mol. The number of halogens is 1. The van der Waals surface area contributed by atoms with Gasteiger partial charge in [0.1, 0.15) is 11.4 Å². The van der Waals surface area contributed by atoms with Gasteiger partial charge in [0.05, 0.1) is 11.3 Å². The van der Waals surface area contributed by atoms with Gasteiger partial charge >= 0.3 is 0 Å². The molecule has 0 N–H and O–H groups in total. The lowest BCUT2D eigenvalue weighted by molar-refractivity contribution is 0.416. The zero-order chi connectivity index (χ0) is 16.1. The molecular weight excluding hydrogens is 346 g/mol. The van der Waals surface area contributed by atoms with Crippen LogP contribution in [0.3, 0.4) is 0 Å². The van der Waals surface area contributed by atoms with Gasteiger partial charge in [-0.1, -0.05) is 35.5 Å². The van der Waals surface area contributed by atoms with Crippen molar-refractivity contribution in [1.82, 2.24) is 0 Å². The monoisotopic (exact) mass is 359 g/mol. The second-order valence-corrected chi connectivity index (χ2v) is 7.57. The number of methoxy groups -OCH3 is 1. The number of thiophene rings is 1. The molecule has 2 nitrogen and oxygen atoms in total. The summed E-state index contributed by atoms with van der Waals surface area (Å²) >= 11 is 9.33. The SMILES string of the molecule is COc1ccccc1N=Cc1ccc(Sc2ccc(Cl)cc2)s1. The average molecular weight is 360 g/mol. The van der Waals surface area contributed by atoms with Crippen LogP contribution >= 0.6 is 34.7 Å². The molecule has 23 heavy (non-hydrogen) atoms. The Hall–Kier alpha value is -1.75. The highest BCUT2D eigenvalue weighted by molar-refractivity contribution is 8.01. The fourth-order valence-corrected chi connectivity index (χ4v) is 4.07. The summed E-state index contributed by atoms with van der Waals surface area (Å²) in [6.45, 7) is 0. The number of nitrogens with zero attached hydrogens (tertiary/aromatic N) is 1.